The molecule has 0 bridgehead atoms. The van der Waals surface area contributed by atoms with Crippen molar-refractivity contribution < 1.29 is 68.3 Å². The van der Waals surface area contributed by atoms with Crippen LogP contribution in [0.15, 0.2) is 12.1 Å². The van der Waals surface area contributed by atoms with Gasteiger partial charge in [-0.1, -0.05) is 6.07 Å². The molecule has 3 aliphatic rings. The Morgan fingerprint density at radius 3 is 1.97 bits per heavy atom. The second kappa shape index (κ2) is 7.19. The van der Waals surface area contributed by atoms with E-state index in [9.17, 15) is 58.8 Å². The molecule has 1 aromatic carbocycles. The first-order valence-electron chi connectivity index (χ1n) is 9.45. The zero-order chi connectivity index (χ0) is 25.3. The molecule has 0 spiro atoms. The van der Waals surface area contributed by atoms with Crippen LogP contribution >= 0.6 is 0 Å². The Labute approximate surface area is 186 Å². The summed E-state index contributed by atoms with van der Waals surface area (Å²) < 4.78 is 8.93. The van der Waals surface area contributed by atoms with Gasteiger partial charge in [-0.25, -0.2) is 9.59 Å². The molecule has 14 nitrogen and oxygen atoms in total. The molecule has 0 saturated carbocycles. The number of rotatable bonds is 5. The second-order valence-corrected chi connectivity index (χ2v) is 7.85. The van der Waals surface area contributed by atoms with Crippen molar-refractivity contribution in [2.24, 2.45) is 17.8 Å². The average Bonchev–Trinajstić information content (AvgIpc) is 3.22. The first-order valence-corrected chi connectivity index (χ1v) is 9.45. The highest BCUT2D eigenvalue weighted by Crippen LogP contribution is 2.59. The van der Waals surface area contributed by atoms with Gasteiger partial charge in [-0.3, -0.25) is 28.8 Å². The summed E-state index contributed by atoms with van der Waals surface area (Å²) in [4.78, 5) is 98.7. The first-order chi connectivity index (χ1) is 15.8. The van der Waals surface area contributed by atoms with E-state index in [4.69, 9.17) is 0 Å². The Morgan fingerprint density at radius 2 is 1.50 bits per heavy atom. The van der Waals surface area contributed by atoms with Crippen LogP contribution in [0, 0.1) is 17.8 Å². The lowest BCUT2D eigenvalue weighted by Gasteiger charge is -2.46. The highest BCUT2D eigenvalue weighted by molar-refractivity contribution is 6.12. The number of aromatic carboxylic acids is 2. The molecule has 0 radical (unpaired) electrons. The third-order valence-corrected chi connectivity index (χ3v) is 6.41. The van der Waals surface area contributed by atoms with Gasteiger partial charge in [-0.2, -0.15) is 0 Å². The Balaban J connectivity index is 2.27. The summed E-state index contributed by atoms with van der Waals surface area (Å²) in [5.74, 6) is -22.0. The van der Waals surface area contributed by atoms with Crippen LogP contribution in [0.2, 0.25) is 0 Å². The van der Waals surface area contributed by atoms with Crippen LogP contribution in [-0.2, 0) is 43.7 Å². The number of hydrogen-bond donors (Lipinski definition) is 4. The predicted octanol–water partition coefficient (Wildman–Crippen LogP) is -1.01. The van der Waals surface area contributed by atoms with E-state index in [-0.39, 0.29) is 0 Å². The van der Waals surface area contributed by atoms with E-state index >= 15 is 0 Å². The monoisotopic (exact) mass is 476 g/mol. The van der Waals surface area contributed by atoms with Crippen LogP contribution in [0.5, 0.6) is 0 Å². The van der Waals surface area contributed by atoms with Gasteiger partial charge in [0.25, 0.3) is 0 Å². The SMILES string of the molecule is O=C1CC(C2(C(=O)O)c3c(ccc(C(=O)O)c3C(=O)O)C3C(=O)OC(=O)C3C2C(=O)O)C(=O)O1. The van der Waals surface area contributed by atoms with Crippen LogP contribution in [-0.4, -0.2) is 68.2 Å². The molecule has 1 aliphatic carbocycles. The summed E-state index contributed by atoms with van der Waals surface area (Å²) in [6.07, 6.45) is -1.01. The smallest absolute Gasteiger partial charge is 0.336 e. The van der Waals surface area contributed by atoms with E-state index in [0.717, 1.165) is 12.1 Å². The molecule has 0 aromatic heterocycles. The minimum Gasteiger partial charge on any atom is -0.481 e. The maximum Gasteiger partial charge on any atom is 0.336 e. The number of cyclic esters (lactones) is 4. The fourth-order valence-electron chi connectivity index (χ4n) is 5.28. The Hall–Kier alpha value is -4.62. The minimum absolute atomic E-state index is 0.518. The predicted molar refractivity (Wildman–Crippen MR) is 97.3 cm³/mol. The average molecular weight is 476 g/mol. The van der Waals surface area contributed by atoms with Crippen molar-refractivity contribution in [2.45, 2.75) is 17.8 Å². The van der Waals surface area contributed by atoms with Crippen LogP contribution in [0.3, 0.4) is 0 Å². The zero-order valence-corrected chi connectivity index (χ0v) is 16.5. The molecule has 14 heteroatoms. The lowest BCUT2D eigenvalue weighted by molar-refractivity contribution is -0.170. The van der Waals surface area contributed by atoms with Crippen LogP contribution in [0.4, 0.5) is 0 Å². The lowest BCUT2D eigenvalue weighted by atomic mass is 9.50. The summed E-state index contributed by atoms with van der Waals surface area (Å²) in [5, 5.41) is 39.8. The van der Waals surface area contributed by atoms with Gasteiger partial charge in [-0.05, 0) is 17.2 Å². The number of esters is 4. The molecule has 0 amide bonds. The summed E-state index contributed by atoms with van der Waals surface area (Å²) in [7, 11) is 0. The van der Waals surface area contributed by atoms with Crippen molar-refractivity contribution in [3.8, 4) is 0 Å². The van der Waals surface area contributed by atoms with Gasteiger partial charge < -0.3 is 29.9 Å². The van der Waals surface area contributed by atoms with Crippen LogP contribution in [0.25, 0.3) is 0 Å². The van der Waals surface area contributed by atoms with Gasteiger partial charge in [0.15, 0.2) is 0 Å². The number of carboxylic acids is 4. The van der Waals surface area contributed by atoms with Crippen LogP contribution in [0.1, 0.15) is 44.2 Å². The molecule has 2 saturated heterocycles. The molecule has 4 rings (SSSR count). The number of aliphatic carboxylic acids is 2. The molecule has 34 heavy (non-hydrogen) atoms. The van der Waals surface area contributed by atoms with E-state index in [1.54, 1.807) is 0 Å². The fraction of sp³-hybridized carbons (Fsp3) is 0.300. The Bertz CT molecular complexity index is 1260. The number of carbonyl (C=O) groups excluding carboxylic acids is 4. The molecular formula is C20H12O14. The summed E-state index contributed by atoms with van der Waals surface area (Å²) >= 11 is 0. The lowest BCUT2D eigenvalue weighted by Crippen LogP contribution is -2.60. The number of carboxylic acid groups (broad SMARTS) is 4. The van der Waals surface area contributed by atoms with Gasteiger partial charge in [0, 0.05) is 0 Å². The molecule has 1 aromatic rings. The number of fused-ring (bicyclic) bond motifs is 3. The molecule has 4 N–H and O–H groups in total. The quantitative estimate of drug-likeness (QED) is 0.294. The molecule has 176 valence electrons. The number of hydrogen-bond acceptors (Lipinski definition) is 10. The van der Waals surface area contributed by atoms with Crippen molar-refractivity contribution in [2.75, 3.05) is 0 Å². The normalized spacial score (nSPS) is 29.6. The fourth-order valence-corrected chi connectivity index (χ4v) is 5.28. The van der Waals surface area contributed by atoms with Crippen molar-refractivity contribution in [1.29, 1.82) is 0 Å². The summed E-state index contributed by atoms with van der Waals surface area (Å²) in [6.45, 7) is 0. The van der Waals surface area contributed by atoms with Crippen LogP contribution < -0.4 is 0 Å². The molecule has 2 heterocycles. The van der Waals surface area contributed by atoms with Crippen molar-refractivity contribution >= 4 is 47.8 Å². The second-order valence-electron chi connectivity index (χ2n) is 7.85. The molecule has 5 unspecified atom stereocenters. The third kappa shape index (κ3) is 2.68. The minimum atomic E-state index is -3.19. The highest BCUT2D eigenvalue weighted by Gasteiger charge is 2.72. The van der Waals surface area contributed by atoms with E-state index in [1.807, 2.05) is 0 Å². The molecule has 2 fully saturated rings. The van der Waals surface area contributed by atoms with Crippen molar-refractivity contribution in [1.82, 2.24) is 0 Å². The summed E-state index contributed by atoms with van der Waals surface area (Å²) in [5.41, 5.74) is -6.89. The third-order valence-electron chi connectivity index (χ3n) is 6.41. The van der Waals surface area contributed by atoms with Crippen molar-refractivity contribution in [3.63, 3.8) is 0 Å². The van der Waals surface area contributed by atoms with Gasteiger partial charge >= 0.3 is 47.8 Å². The topological polar surface area (TPSA) is 236 Å². The van der Waals surface area contributed by atoms with E-state index in [0.29, 0.717) is 0 Å². The van der Waals surface area contributed by atoms with Gasteiger partial charge in [0.1, 0.15) is 5.41 Å². The maximum atomic E-state index is 12.9. The van der Waals surface area contributed by atoms with Gasteiger partial charge in [-0.15, -0.1) is 0 Å². The highest BCUT2D eigenvalue weighted by atomic mass is 16.6. The maximum absolute atomic E-state index is 12.9. The van der Waals surface area contributed by atoms with Crippen molar-refractivity contribution in [3.05, 3.63) is 34.4 Å². The Morgan fingerprint density at radius 1 is 0.853 bits per heavy atom. The van der Waals surface area contributed by atoms with E-state index in [1.165, 1.54) is 0 Å². The largest absolute Gasteiger partial charge is 0.481 e. The molecular weight excluding hydrogens is 464 g/mol. The first kappa shape index (κ1) is 22.6. The van der Waals surface area contributed by atoms with E-state index < -0.39 is 106 Å². The number of carbonyl (C=O) groups is 8. The Kier molecular flexibility index (Phi) is 4.78. The van der Waals surface area contributed by atoms with E-state index in [2.05, 4.69) is 9.47 Å². The molecule has 2 aliphatic heterocycles. The zero-order valence-electron chi connectivity index (χ0n) is 16.5. The molecule has 5 atom stereocenters. The number of benzene rings is 1. The van der Waals surface area contributed by atoms with Gasteiger partial charge in [0.05, 0.1) is 41.2 Å². The number of ether oxygens (including phenoxy) is 2. The summed E-state index contributed by atoms with van der Waals surface area (Å²) in [6, 6.07) is 1.60. The van der Waals surface area contributed by atoms with Gasteiger partial charge in [0.2, 0.25) is 0 Å². The standard InChI is InChI=1S/C20H12O14/c21-7-3-6(16(28)33-7)20(19(31)32)11-4(1-2-5(13(22)23)9(11)14(24)25)8-10(12(20)15(26)27)18(30)34-17(8)29/h1-2,6,8,10,12H,3H2,(H,22,23)(H,24,25)(H,26,27)(H,31,32).